The van der Waals surface area contributed by atoms with Crippen LogP contribution in [0.1, 0.15) is 10.4 Å². The molecule has 23 heavy (non-hydrogen) atoms. The average Bonchev–Trinajstić information content (AvgIpc) is 2.56. The Balaban J connectivity index is 2.33. The molecule has 0 radical (unpaired) electrons. The van der Waals surface area contributed by atoms with Crippen molar-refractivity contribution in [1.29, 1.82) is 0 Å². The third-order valence-corrected chi connectivity index (χ3v) is 3.18. The number of benzene rings is 2. The van der Waals surface area contributed by atoms with Gasteiger partial charge in [-0.1, -0.05) is 0 Å². The van der Waals surface area contributed by atoms with Crippen LogP contribution in [0.2, 0.25) is 0 Å². The summed E-state index contributed by atoms with van der Waals surface area (Å²) in [6, 6.07) is 6.97. The second-order valence-corrected chi connectivity index (χ2v) is 4.60. The van der Waals surface area contributed by atoms with E-state index in [1.54, 1.807) is 0 Å². The van der Waals surface area contributed by atoms with E-state index in [4.69, 9.17) is 19.9 Å². The summed E-state index contributed by atoms with van der Waals surface area (Å²) < 4.78 is 28.8. The number of carbonyl (C=O) groups excluding carboxylic acids is 1. The molecule has 0 heterocycles. The van der Waals surface area contributed by atoms with Crippen molar-refractivity contribution in [2.24, 2.45) is 0 Å². The predicted molar refractivity (Wildman–Crippen MR) is 84.9 cm³/mol. The second kappa shape index (κ2) is 6.87. The lowest BCUT2D eigenvalue weighted by molar-refractivity contribution is 0.102. The average molecular weight is 320 g/mol. The zero-order valence-corrected chi connectivity index (χ0v) is 13.0. The van der Waals surface area contributed by atoms with Gasteiger partial charge in [0, 0.05) is 11.3 Å². The highest BCUT2D eigenvalue weighted by Crippen LogP contribution is 2.38. The number of amides is 1. The van der Waals surface area contributed by atoms with Gasteiger partial charge in [-0.25, -0.2) is 4.39 Å². The van der Waals surface area contributed by atoms with Crippen molar-refractivity contribution >= 4 is 17.3 Å². The first-order chi connectivity index (χ1) is 11.0. The van der Waals surface area contributed by atoms with Gasteiger partial charge in [0.2, 0.25) is 5.75 Å². The van der Waals surface area contributed by atoms with Crippen LogP contribution in [0.25, 0.3) is 0 Å². The fourth-order valence-corrected chi connectivity index (χ4v) is 2.04. The number of ether oxygens (including phenoxy) is 3. The van der Waals surface area contributed by atoms with Gasteiger partial charge in [0.15, 0.2) is 11.5 Å². The lowest BCUT2D eigenvalue weighted by Gasteiger charge is -2.14. The van der Waals surface area contributed by atoms with E-state index in [2.05, 4.69) is 5.32 Å². The molecule has 0 saturated carbocycles. The van der Waals surface area contributed by atoms with E-state index in [-0.39, 0.29) is 5.69 Å². The molecule has 0 aliphatic heterocycles. The van der Waals surface area contributed by atoms with Crippen molar-refractivity contribution < 1.29 is 23.4 Å². The molecule has 0 saturated heterocycles. The third-order valence-electron chi connectivity index (χ3n) is 3.18. The Labute approximate surface area is 133 Å². The highest BCUT2D eigenvalue weighted by molar-refractivity contribution is 6.05. The van der Waals surface area contributed by atoms with E-state index >= 15 is 0 Å². The number of nitrogens with two attached hydrogens (primary N) is 1. The summed E-state index contributed by atoms with van der Waals surface area (Å²) in [5, 5.41) is 2.63. The van der Waals surface area contributed by atoms with Crippen LogP contribution >= 0.6 is 0 Å². The van der Waals surface area contributed by atoms with Crippen molar-refractivity contribution in [3.05, 3.63) is 41.7 Å². The SMILES string of the molecule is COc1cc(C(=O)Nc2ccc(F)c(N)c2)cc(OC)c1OC. The van der Waals surface area contributed by atoms with Crippen LogP contribution in [0.4, 0.5) is 15.8 Å². The van der Waals surface area contributed by atoms with Crippen LogP contribution < -0.4 is 25.3 Å². The fraction of sp³-hybridized carbons (Fsp3) is 0.188. The van der Waals surface area contributed by atoms with Crippen molar-refractivity contribution in [2.45, 2.75) is 0 Å². The standard InChI is InChI=1S/C16H17FN2O4/c1-21-13-6-9(7-14(22-2)15(13)23-3)16(20)19-10-4-5-11(17)12(18)8-10/h4-8H,18H2,1-3H3,(H,19,20). The number of hydrogen-bond donors (Lipinski definition) is 2. The Morgan fingerprint density at radius 1 is 1.04 bits per heavy atom. The summed E-state index contributed by atoms with van der Waals surface area (Å²) >= 11 is 0. The summed E-state index contributed by atoms with van der Waals surface area (Å²) in [6.45, 7) is 0. The number of rotatable bonds is 5. The van der Waals surface area contributed by atoms with Crippen LogP contribution in [0.5, 0.6) is 17.2 Å². The molecule has 0 unspecified atom stereocenters. The van der Waals surface area contributed by atoms with Gasteiger partial charge < -0.3 is 25.3 Å². The monoisotopic (exact) mass is 320 g/mol. The first kappa shape index (κ1) is 16.4. The number of anilines is 2. The Morgan fingerprint density at radius 3 is 2.13 bits per heavy atom. The van der Waals surface area contributed by atoms with Gasteiger partial charge in [0.25, 0.3) is 5.91 Å². The molecule has 122 valence electrons. The van der Waals surface area contributed by atoms with Gasteiger partial charge in [-0.2, -0.15) is 0 Å². The summed E-state index contributed by atoms with van der Waals surface area (Å²) in [6.07, 6.45) is 0. The van der Waals surface area contributed by atoms with E-state index in [1.807, 2.05) is 0 Å². The van der Waals surface area contributed by atoms with Crippen LogP contribution in [-0.4, -0.2) is 27.2 Å². The quantitative estimate of drug-likeness (QED) is 0.828. The van der Waals surface area contributed by atoms with Gasteiger partial charge in [-0.15, -0.1) is 0 Å². The zero-order chi connectivity index (χ0) is 17.0. The van der Waals surface area contributed by atoms with E-state index in [0.717, 1.165) is 0 Å². The molecule has 7 heteroatoms. The zero-order valence-electron chi connectivity index (χ0n) is 13.0. The van der Waals surface area contributed by atoms with Gasteiger partial charge >= 0.3 is 0 Å². The Morgan fingerprint density at radius 2 is 1.65 bits per heavy atom. The molecule has 0 bridgehead atoms. The number of halogens is 1. The van der Waals surface area contributed by atoms with Gasteiger partial charge in [0.1, 0.15) is 5.82 Å². The van der Waals surface area contributed by atoms with Gasteiger partial charge in [0.05, 0.1) is 27.0 Å². The van der Waals surface area contributed by atoms with E-state index in [9.17, 15) is 9.18 Å². The maximum absolute atomic E-state index is 13.2. The minimum Gasteiger partial charge on any atom is -0.493 e. The molecule has 0 aliphatic carbocycles. The van der Waals surface area contributed by atoms with Gasteiger partial charge in [-0.05, 0) is 30.3 Å². The van der Waals surface area contributed by atoms with Crippen molar-refractivity contribution in [2.75, 3.05) is 32.4 Å². The number of nitrogens with one attached hydrogen (secondary N) is 1. The maximum Gasteiger partial charge on any atom is 0.255 e. The molecule has 0 spiro atoms. The summed E-state index contributed by atoms with van der Waals surface area (Å²) in [7, 11) is 4.39. The Bertz CT molecular complexity index is 709. The fourth-order valence-electron chi connectivity index (χ4n) is 2.04. The molecule has 2 aromatic rings. The van der Waals surface area contributed by atoms with E-state index in [0.29, 0.717) is 28.5 Å². The minimum atomic E-state index is -0.546. The molecule has 2 aromatic carbocycles. The highest BCUT2D eigenvalue weighted by atomic mass is 19.1. The largest absolute Gasteiger partial charge is 0.493 e. The predicted octanol–water partition coefficient (Wildman–Crippen LogP) is 2.69. The third kappa shape index (κ3) is 3.45. The normalized spacial score (nSPS) is 10.1. The molecular formula is C16H17FN2O4. The second-order valence-electron chi connectivity index (χ2n) is 4.60. The lowest BCUT2D eigenvalue weighted by atomic mass is 10.1. The molecule has 1 amide bonds. The van der Waals surface area contributed by atoms with Crippen molar-refractivity contribution in [3.63, 3.8) is 0 Å². The number of carbonyl (C=O) groups is 1. The first-order valence-corrected chi connectivity index (χ1v) is 6.66. The topological polar surface area (TPSA) is 82.8 Å². The Kier molecular flexibility index (Phi) is 4.90. The first-order valence-electron chi connectivity index (χ1n) is 6.66. The maximum atomic E-state index is 13.2. The smallest absolute Gasteiger partial charge is 0.255 e. The molecule has 6 nitrogen and oxygen atoms in total. The van der Waals surface area contributed by atoms with Crippen LogP contribution in [0.3, 0.4) is 0 Å². The van der Waals surface area contributed by atoms with Crippen molar-refractivity contribution in [1.82, 2.24) is 0 Å². The molecule has 2 rings (SSSR count). The van der Waals surface area contributed by atoms with Crippen LogP contribution in [0, 0.1) is 5.82 Å². The summed E-state index contributed by atoms with van der Waals surface area (Å²) in [5.41, 5.74) is 6.10. The van der Waals surface area contributed by atoms with E-state index < -0.39 is 11.7 Å². The minimum absolute atomic E-state index is 0.0484. The number of hydrogen-bond acceptors (Lipinski definition) is 5. The molecule has 0 aliphatic rings. The summed E-state index contributed by atoms with van der Waals surface area (Å²) in [4.78, 5) is 12.3. The van der Waals surface area contributed by atoms with Crippen molar-refractivity contribution in [3.8, 4) is 17.2 Å². The summed E-state index contributed by atoms with van der Waals surface area (Å²) in [5.74, 6) is 0.134. The van der Waals surface area contributed by atoms with Crippen LogP contribution in [0.15, 0.2) is 30.3 Å². The molecule has 3 N–H and O–H groups in total. The lowest BCUT2D eigenvalue weighted by Crippen LogP contribution is -2.13. The number of nitrogen functional groups attached to an aromatic ring is 1. The molecule has 0 atom stereocenters. The number of methoxy groups -OCH3 is 3. The van der Waals surface area contributed by atoms with E-state index in [1.165, 1.54) is 51.7 Å². The molecular weight excluding hydrogens is 303 g/mol. The van der Waals surface area contributed by atoms with Crippen LogP contribution in [-0.2, 0) is 0 Å². The van der Waals surface area contributed by atoms with Gasteiger partial charge in [-0.3, -0.25) is 4.79 Å². The molecule has 0 fully saturated rings. The highest BCUT2D eigenvalue weighted by Gasteiger charge is 2.17. The molecule has 0 aromatic heterocycles. The Hall–Kier alpha value is -2.96.